The van der Waals surface area contributed by atoms with Crippen molar-refractivity contribution in [3.8, 4) is 17.2 Å². The number of halogens is 1. The van der Waals surface area contributed by atoms with E-state index in [0.29, 0.717) is 11.7 Å². The average molecular weight is 446 g/mol. The number of aromatic nitrogens is 3. The molecule has 4 rings (SSSR count). The Morgan fingerprint density at radius 3 is 2.48 bits per heavy atom. The molecule has 0 aliphatic heterocycles. The average Bonchev–Trinajstić information content (AvgIpc) is 3.46. The van der Waals surface area contributed by atoms with E-state index in [1.807, 2.05) is 30.3 Å². The largest absolute Gasteiger partial charge is 0.496 e. The maximum atomic E-state index is 5.54. The van der Waals surface area contributed by atoms with Crippen LogP contribution in [0.3, 0.4) is 0 Å². The van der Waals surface area contributed by atoms with Crippen LogP contribution in [0, 0.1) is 0 Å². The summed E-state index contributed by atoms with van der Waals surface area (Å²) in [6.45, 7) is 0. The topological polar surface area (TPSA) is 49.2 Å². The summed E-state index contributed by atoms with van der Waals surface area (Å²) in [4.78, 5) is 0. The smallest absolute Gasteiger partial charge is 0.196 e. The molecule has 0 spiro atoms. The van der Waals surface area contributed by atoms with Crippen LogP contribution in [0.2, 0.25) is 0 Å². The predicted molar refractivity (Wildman–Crippen MR) is 110 cm³/mol. The third-order valence-electron chi connectivity index (χ3n) is 4.53. The summed E-state index contributed by atoms with van der Waals surface area (Å²) in [5.74, 6) is 3.90. The van der Waals surface area contributed by atoms with E-state index in [1.54, 1.807) is 26.0 Å². The zero-order valence-electron chi connectivity index (χ0n) is 15.2. The number of para-hydroxylation sites is 1. The maximum Gasteiger partial charge on any atom is 0.196 e. The number of thioether (sulfide) groups is 1. The van der Waals surface area contributed by atoms with Crippen LogP contribution in [-0.4, -0.2) is 29.0 Å². The molecule has 27 heavy (non-hydrogen) atoms. The standard InChI is InChI=1S/C20H20BrN3O2S/c1-25-17-11-16(21)18(26-2)10-14(17)12-27-20-23-22-19(13-8-9-13)24(20)15-6-4-3-5-7-15/h3-7,10-11,13H,8-9,12H2,1-2H3. The number of rotatable bonds is 7. The van der Waals surface area contributed by atoms with Crippen molar-refractivity contribution in [3.63, 3.8) is 0 Å². The minimum atomic E-state index is 0.523. The van der Waals surface area contributed by atoms with Crippen molar-refractivity contribution in [3.05, 3.63) is 58.3 Å². The van der Waals surface area contributed by atoms with E-state index in [9.17, 15) is 0 Å². The highest BCUT2D eigenvalue weighted by atomic mass is 79.9. The van der Waals surface area contributed by atoms with Crippen molar-refractivity contribution in [2.75, 3.05) is 14.2 Å². The first-order valence-electron chi connectivity index (χ1n) is 8.75. The van der Waals surface area contributed by atoms with E-state index in [1.165, 1.54) is 12.8 Å². The fourth-order valence-electron chi connectivity index (χ4n) is 2.98. The molecule has 140 valence electrons. The van der Waals surface area contributed by atoms with Gasteiger partial charge in [0, 0.05) is 22.9 Å². The number of hydrogen-bond donors (Lipinski definition) is 0. The third kappa shape index (κ3) is 3.84. The second-order valence-corrected chi connectivity index (χ2v) is 8.17. The normalized spacial score (nSPS) is 13.6. The summed E-state index contributed by atoms with van der Waals surface area (Å²) >= 11 is 5.16. The SMILES string of the molecule is COc1cc(CSc2nnc(C3CC3)n2-c2ccccc2)c(OC)cc1Br. The fraction of sp³-hybridized carbons (Fsp3) is 0.300. The molecule has 0 amide bonds. The van der Waals surface area contributed by atoms with Crippen LogP contribution in [0.5, 0.6) is 11.5 Å². The number of benzene rings is 2. The molecule has 1 fully saturated rings. The number of methoxy groups -OCH3 is 2. The molecule has 0 radical (unpaired) electrons. The zero-order chi connectivity index (χ0) is 18.8. The summed E-state index contributed by atoms with van der Waals surface area (Å²) in [5.41, 5.74) is 2.16. The van der Waals surface area contributed by atoms with Crippen molar-refractivity contribution >= 4 is 27.7 Å². The Morgan fingerprint density at radius 2 is 1.81 bits per heavy atom. The summed E-state index contributed by atoms with van der Waals surface area (Å²) in [6, 6.07) is 14.3. The molecule has 1 aliphatic carbocycles. The van der Waals surface area contributed by atoms with Crippen LogP contribution >= 0.6 is 27.7 Å². The van der Waals surface area contributed by atoms with Crippen molar-refractivity contribution in [2.24, 2.45) is 0 Å². The van der Waals surface area contributed by atoms with Crippen LogP contribution in [0.25, 0.3) is 5.69 Å². The minimum absolute atomic E-state index is 0.523. The van der Waals surface area contributed by atoms with E-state index < -0.39 is 0 Å². The van der Waals surface area contributed by atoms with Gasteiger partial charge in [0.05, 0.1) is 18.7 Å². The molecule has 0 N–H and O–H groups in total. The van der Waals surface area contributed by atoms with Crippen LogP contribution in [-0.2, 0) is 5.75 Å². The van der Waals surface area contributed by atoms with Crippen molar-refractivity contribution in [1.29, 1.82) is 0 Å². The van der Waals surface area contributed by atoms with E-state index in [0.717, 1.165) is 38.2 Å². The molecule has 1 aromatic heterocycles. The number of hydrogen-bond acceptors (Lipinski definition) is 5. The lowest BCUT2D eigenvalue weighted by atomic mass is 10.2. The second-order valence-electron chi connectivity index (χ2n) is 6.37. The Morgan fingerprint density at radius 1 is 1.07 bits per heavy atom. The summed E-state index contributed by atoms with van der Waals surface area (Å²) in [7, 11) is 3.34. The Bertz CT molecular complexity index is 942. The zero-order valence-corrected chi connectivity index (χ0v) is 17.6. The van der Waals surface area contributed by atoms with Gasteiger partial charge in [0.1, 0.15) is 17.3 Å². The first-order chi connectivity index (χ1) is 13.2. The number of ether oxygens (including phenoxy) is 2. The molecule has 7 heteroatoms. The molecule has 3 aromatic rings. The quantitative estimate of drug-likeness (QED) is 0.466. The monoisotopic (exact) mass is 445 g/mol. The molecular weight excluding hydrogens is 426 g/mol. The van der Waals surface area contributed by atoms with Gasteiger partial charge in [-0.3, -0.25) is 4.57 Å². The van der Waals surface area contributed by atoms with Gasteiger partial charge in [0.15, 0.2) is 5.16 Å². The molecular formula is C20H20BrN3O2S. The minimum Gasteiger partial charge on any atom is -0.496 e. The maximum absolute atomic E-state index is 5.54. The highest BCUT2D eigenvalue weighted by molar-refractivity contribution is 9.10. The lowest BCUT2D eigenvalue weighted by Crippen LogP contribution is -2.02. The third-order valence-corrected chi connectivity index (χ3v) is 6.12. The molecule has 0 atom stereocenters. The van der Waals surface area contributed by atoms with Gasteiger partial charge >= 0.3 is 0 Å². The lowest BCUT2D eigenvalue weighted by Gasteiger charge is -2.13. The Hall–Kier alpha value is -1.99. The Labute approximate surface area is 171 Å². The van der Waals surface area contributed by atoms with E-state index in [-0.39, 0.29) is 0 Å². The van der Waals surface area contributed by atoms with Crippen molar-refractivity contribution in [1.82, 2.24) is 14.8 Å². The van der Waals surface area contributed by atoms with Crippen LogP contribution in [0.4, 0.5) is 0 Å². The fourth-order valence-corrected chi connectivity index (χ4v) is 4.40. The molecule has 2 aromatic carbocycles. The molecule has 0 saturated heterocycles. The first-order valence-corrected chi connectivity index (χ1v) is 10.5. The van der Waals surface area contributed by atoms with Gasteiger partial charge in [-0.05, 0) is 53.0 Å². The number of nitrogens with zero attached hydrogens (tertiary/aromatic N) is 3. The first kappa shape index (κ1) is 18.4. The summed E-state index contributed by atoms with van der Waals surface area (Å²) in [5, 5.41) is 9.86. The van der Waals surface area contributed by atoms with Crippen molar-refractivity contribution < 1.29 is 9.47 Å². The highest BCUT2D eigenvalue weighted by Crippen LogP contribution is 2.42. The van der Waals surface area contributed by atoms with E-state index >= 15 is 0 Å². The Kier molecular flexibility index (Phi) is 5.41. The Balaban J connectivity index is 1.65. The highest BCUT2D eigenvalue weighted by Gasteiger charge is 2.31. The van der Waals surface area contributed by atoms with Crippen LogP contribution < -0.4 is 9.47 Å². The van der Waals surface area contributed by atoms with Crippen molar-refractivity contribution in [2.45, 2.75) is 29.7 Å². The van der Waals surface area contributed by atoms with Gasteiger partial charge in [-0.25, -0.2) is 0 Å². The molecule has 1 aliphatic rings. The van der Waals surface area contributed by atoms with Gasteiger partial charge in [-0.2, -0.15) is 0 Å². The van der Waals surface area contributed by atoms with Gasteiger partial charge in [-0.1, -0.05) is 30.0 Å². The van der Waals surface area contributed by atoms with Gasteiger partial charge in [0.25, 0.3) is 0 Å². The second kappa shape index (κ2) is 7.94. The molecule has 0 unspecified atom stereocenters. The molecule has 1 heterocycles. The molecule has 0 bridgehead atoms. The van der Waals surface area contributed by atoms with Gasteiger partial charge in [0.2, 0.25) is 0 Å². The van der Waals surface area contributed by atoms with E-state index in [4.69, 9.17) is 9.47 Å². The molecule has 1 saturated carbocycles. The van der Waals surface area contributed by atoms with Crippen LogP contribution in [0.15, 0.2) is 52.1 Å². The van der Waals surface area contributed by atoms with E-state index in [2.05, 4.69) is 42.8 Å². The molecule has 5 nitrogen and oxygen atoms in total. The van der Waals surface area contributed by atoms with Gasteiger partial charge in [-0.15, -0.1) is 10.2 Å². The summed E-state index contributed by atoms with van der Waals surface area (Å²) in [6.07, 6.45) is 2.38. The predicted octanol–water partition coefficient (Wildman–Crippen LogP) is 5.22. The lowest BCUT2D eigenvalue weighted by molar-refractivity contribution is 0.398. The van der Waals surface area contributed by atoms with Gasteiger partial charge < -0.3 is 9.47 Å². The summed E-state index contributed by atoms with van der Waals surface area (Å²) < 4.78 is 14.0. The van der Waals surface area contributed by atoms with Crippen LogP contribution in [0.1, 0.15) is 30.1 Å².